The SMILES string of the molecule is CCCCC/C=C\C/C=C\CCCCCCCC(=O)O[C@H](COC(=O)CCCCCCC/C=C\CCCCCCCC)COP(=O)([O-])OCC[N+](C)(C)C. The molecule has 0 aliphatic rings. The summed E-state index contributed by atoms with van der Waals surface area (Å²) in [7, 11) is 1.15. The van der Waals surface area contributed by atoms with Crippen molar-refractivity contribution in [2.45, 2.75) is 187 Å². The maximum absolute atomic E-state index is 12.7. The molecule has 0 rings (SSSR count). The third kappa shape index (κ3) is 39.9. The first-order chi connectivity index (χ1) is 26.0. The summed E-state index contributed by atoms with van der Waals surface area (Å²) in [5.41, 5.74) is 0. The fourth-order valence-corrected chi connectivity index (χ4v) is 6.41. The molecule has 0 saturated carbocycles. The second-order valence-electron chi connectivity index (χ2n) is 15.7. The zero-order chi connectivity index (χ0) is 40.0. The van der Waals surface area contributed by atoms with Crippen molar-refractivity contribution in [1.29, 1.82) is 0 Å². The van der Waals surface area contributed by atoms with Crippen molar-refractivity contribution in [2.24, 2.45) is 0 Å². The minimum Gasteiger partial charge on any atom is -0.756 e. The zero-order valence-corrected chi connectivity index (χ0v) is 36.3. The molecule has 0 heterocycles. The molecule has 0 N–H and O–H groups in total. The van der Waals surface area contributed by atoms with Crippen LogP contribution in [0.4, 0.5) is 0 Å². The van der Waals surface area contributed by atoms with Crippen molar-refractivity contribution in [3.05, 3.63) is 36.5 Å². The number of rotatable bonds is 39. The summed E-state index contributed by atoms with van der Waals surface area (Å²) in [5.74, 6) is -0.860. The Kier molecular flexibility index (Phi) is 35.6. The van der Waals surface area contributed by atoms with Crippen LogP contribution in [0.15, 0.2) is 36.5 Å². The van der Waals surface area contributed by atoms with Crippen molar-refractivity contribution in [1.82, 2.24) is 0 Å². The first kappa shape index (κ1) is 52.2. The van der Waals surface area contributed by atoms with Crippen LogP contribution in [0.25, 0.3) is 0 Å². The lowest BCUT2D eigenvalue weighted by Gasteiger charge is -2.28. The maximum Gasteiger partial charge on any atom is 0.306 e. The number of hydrogen-bond donors (Lipinski definition) is 0. The van der Waals surface area contributed by atoms with Crippen LogP contribution >= 0.6 is 7.82 Å². The van der Waals surface area contributed by atoms with E-state index in [4.69, 9.17) is 18.5 Å². The van der Waals surface area contributed by atoms with E-state index in [0.717, 1.165) is 77.0 Å². The lowest BCUT2D eigenvalue weighted by Crippen LogP contribution is -2.37. The van der Waals surface area contributed by atoms with E-state index >= 15 is 0 Å². The van der Waals surface area contributed by atoms with Crippen LogP contribution in [-0.2, 0) is 32.7 Å². The Labute approximate surface area is 331 Å². The standard InChI is InChI=1S/C44H82NO8P/c1-6-8-10-12-14-16-18-20-22-24-26-28-30-32-34-36-43(46)50-40-42(41-52-54(48,49)51-39-38-45(3,4)5)53-44(47)37-35-33-31-29-27-25-23-21-19-17-15-13-11-9-7-2/h15,17,20-23,42H,6-14,16,18-19,24-41H2,1-5H3/b17-15-,22-20-,23-21-/t42-/m1/s1. The number of allylic oxidation sites excluding steroid dienone is 6. The number of hydrogen-bond acceptors (Lipinski definition) is 8. The highest BCUT2D eigenvalue weighted by Crippen LogP contribution is 2.38. The Bertz CT molecular complexity index is 1020. The Balaban J connectivity index is 4.41. The number of carbonyl (C=O) groups is 2. The molecule has 0 aliphatic heterocycles. The highest BCUT2D eigenvalue weighted by Gasteiger charge is 2.21. The molecule has 9 nitrogen and oxygen atoms in total. The van der Waals surface area contributed by atoms with Gasteiger partial charge in [-0.25, -0.2) is 0 Å². The van der Waals surface area contributed by atoms with Crippen molar-refractivity contribution < 1.29 is 42.1 Å². The molecule has 54 heavy (non-hydrogen) atoms. The number of unbranched alkanes of at least 4 members (excludes halogenated alkanes) is 19. The summed E-state index contributed by atoms with van der Waals surface area (Å²) in [6.45, 7) is 4.16. The van der Waals surface area contributed by atoms with Gasteiger partial charge in [-0.1, -0.05) is 134 Å². The van der Waals surface area contributed by atoms with Crippen molar-refractivity contribution >= 4 is 19.8 Å². The molecule has 0 aromatic heterocycles. The molecule has 0 spiro atoms. The van der Waals surface area contributed by atoms with Gasteiger partial charge >= 0.3 is 11.9 Å². The van der Waals surface area contributed by atoms with Gasteiger partial charge < -0.3 is 27.9 Å². The van der Waals surface area contributed by atoms with Crippen LogP contribution in [0.2, 0.25) is 0 Å². The van der Waals surface area contributed by atoms with E-state index in [2.05, 4.69) is 50.3 Å². The van der Waals surface area contributed by atoms with Crippen LogP contribution in [0.3, 0.4) is 0 Å². The molecule has 0 aromatic rings. The minimum absolute atomic E-state index is 0.0352. The number of carbonyl (C=O) groups excluding carboxylic acids is 2. The lowest BCUT2D eigenvalue weighted by molar-refractivity contribution is -0.870. The van der Waals surface area contributed by atoms with E-state index in [9.17, 15) is 19.0 Å². The van der Waals surface area contributed by atoms with Gasteiger partial charge in [0.05, 0.1) is 27.7 Å². The van der Waals surface area contributed by atoms with Gasteiger partial charge in [-0.2, -0.15) is 0 Å². The summed E-state index contributed by atoms with van der Waals surface area (Å²) >= 11 is 0. The molecule has 0 radical (unpaired) electrons. The zero-order valence-electron chi connectivity index (χ0n) is 35.4. The third-order valence-corrected chi connectivity index (χ3v) is 10.1. The van der Waals surface area contributed by atoms with Gasteiger partial charge in [0.15, 0.2) is 6.10 Å². The van der Waals surface area contributed by atoms with E-state index in [1.54, 1.807) is 0 Å². The van der Waals surface area contributed by atoms with Gasteiger partial charge in [0.1, 0.15) is 19.8 Å². The third-order valence-electron chi connectivity index (χ3n) is 9.13. The number of esters is 2. The van der Waals surface area contributed by atoms with Gasteiger partial charge in [0, 0.05) is 12.8 Å². The number of quaternary nitrogens is 1. The van der Waals surface area contributed by atoms with Gasteiger partial charge in [-0.15, -0.1) is 0 Å². The van der Waals surface area contributed by atoms with Gasteiger partial charge in [0.25, 0.3) is 7.82 Å². The van der Waals surface area contributed by atoms with Crippen molar-refractivity contribution in [2.75, 3.05) is 47.5 Å². The number of phosphoric ester groups is 1. The van der Waals surface area contributed by atoms with Gasteiger partial charge in [0.2, 0.25) is 0 Å². The first-order valence-corrected chi connectivity index (χ1v) is 23.2. The van der Waals surface area contributed by atoms with E-state index < -0.39 is 32.5 Å². The van der Waals surface area contributed by atoms with Crippen molar-refractivity contribution in [3.8, 4) is 0 Å². The highest BCUT2D eigenvalue weighted by molar-refractivity contribution is 7.45. The molecule has 1 unspecified atom stereocenters. The van der Waals surface area contributed by atoms with E-state index in [0.29, 0.717) is 17.4 Å². The largest absolute Gasteiger partial charge is 0.756 e. The second kappa shape index (κ2) is 36.8. The Hall–Kier alpha value is -1.77. The molecular formula is C44H82NO8P. The van der Waals surface area contributed by atoms with E-state index in [1.807, 2.05) is 21.1 Å². The van der Waals surface area contributed by atoms with Crippen LogP contribution in [0, 0.1) is 0 Å². The molecule has 10 heteroatoms. The van der Waals surface area contributed by atoms with Crippen LogP contribution in [0.5, 0.6) is 0 Å². The number of phosphoric acid groups is 1. The monoisotopic (exact) mass is 784 g/mol. The average Bonchev–Trinajstić information content (AvgIpc) is 3.12. The summed E-state index contributed by atoms with van der Waals surface area (Å²) in [5, 5.41) is 0. The minimum atomic E-state index is -4.63. The fraction of sp³-hybridized carbons (Fsp3) is 0.818. The quantitative estimate of drug-likeness (QED) is 0.0199. The van der Waals surface area contributed by atoms with Crippen LogP contribution < -0.4 is 4.89 Å². The molecule has 0 bridgehead atoms. The lowest BCUT2D eigenvalue weighted by atomic mass is 10.1. The normalized spacial score (nSPS) is 14.0. The summed E-state index contributed by atoms with van der Waals surface area (Å²) in [4.78, 5) is 37.5. The predicted molar refractivity (Wildman–Crippen MR) is 222 cm³/mol. The molecule has 316 valence electrons. The Morgan fingerprint density at radius 3 is 1.52 bits per heavy atom. The van der Waals surface area contributed by atoms with Crippen LogP contribution in [0.1, 0.15) is 181 Å². The number of ether oxygens (including phenoxy) is 2. The Morgan fingerprint density at radius 2 is 1.00 bits per heavy atom. The number of nitrogens with zero attached hydrogens (tertiary/aromatic N) is 1. The van der Waals surface area contributed by atoms with Gasteiger partial charge in [-0.05, 0) is 70.6 Å². The Morgan fingerprint density at radius 1 is 0.574 bits per heavy atom. The highest BCUT2D eigenvalue weighted by atomic mass is 31.2. The molecule has 0 aliphatic carbocycles. The first-order valence-electron chi connectivity index (χ1n) is 21.7. The molecule has 0 amide bonds. The average molecular weight is 784 g/mol. The smallest absolute Gasteiger partial charge is 0.306 e. The molecular weight excluding hydrogens is 701 g/mol. The maximum atomic E-state index is 12.7. The predicted octanol–water partition coefficient (Wildman–Crippen LogP) is 11.5. The molecule has 0 aromatic carbocycles. The topological polar surface area (TPSA) is 111 Å². The summed E-state index contributed by atoms with van der Waals surface area (Å²) < 4.78 is 33.8. The van der Waals surface area contributed by atoms with E-state index in [-0.39, 0.29) is 26.1 Å². The summed E-state index contributed by atoms with van der Waals surface area (Å²) in [6, 6.07) is 0. The van der Waals surface area contributed by atoms with Gasteiger partial charge in [-0.3, -0.25) is 14.2 Å². The number of likely N-dealkylation sites (N-methyl/N-ethyl adjacent to an activating group) is 1. The molecule has 0 fully saturated rings. The van der Waals surface area contributed by atoms with Crippen LogP contribution in [-0.4, -0.2) is 70.0 Å². The van der Waals surface area contributed by atoms with E-state index in [1.165, 1.54) is 70.6 Å². The molecule has 2 atom stereocenters. The summed E-state index contributed by atoms with van der Waals surface area (Å²) in [6.07, 6.45) is 40.2. The molecule has 0 saturated heterocycles. The fourth-order valence-electron chi connectivity index (χ4n) is 5.68. The van der Waals surface area contributed by atoms with Crippen molar-refractivity contribution in [3.63, 3.8) is 0 Å². The second-order valence-corrected chi connectivity index (χ2v) is 17.1.